The topological polar surface area (TPSA) is 43.3 Å². The quantitative estimate of drug-likeness (QED) is 0.294. The van der Waals surface area contributed by atoms with Gasteiger partial charge in [-0.3, -0.25) is 9.89 Å². The molecular formula is C18H34IN5O. The van der Waals surface area contributed by atoms with E-state index in [1.165, 1.54) is 6.42 Å². The van der Waals surface area contributed by atoms with Crippen LogP contribution in [0.1, 0.15) is 19.3 Å². The van der Waals surface area contributed by atoms with Gasteiger partial charge in [0.2, 0.25) is 0 Å². The third-order valence-corrected chi connectivity index (χ3v) is 5.99. The molecule has 25 heavy (non-hydrogen) atoms. The molecule has 3 aliphatic heterocycles. The van der Waals surface area contributed by atoms with E-state index in [9.17, 15) is 0 Å². The second-order valence-corrected chi connectivity index (χ2v) is 7.45. The van der Waals surface area contributed by atoms with Gasteiger partial charge in [-0.25, -0.2) is 0 Å². The van der Waals surface area contributed by atoms with Gasteiger partial charge >= 0.3 is 0 Å². The summed E-state index contributed by atoms with van der Waals surface area (Å²) in [4.78, 5) is 11.9. The molecular weight excluding hydrogens is 429 g/mol. The van der Waals surface area contributed by atoms with E-state index in [0.29, 0.717) is 6.04 Å². The summed E-state index contributed by atoms with van der Waals surface area (Å²) in [5.41, 5.74) is 0.173. The molecule has 1 unspecified atom stereocenters. The van der Waals surface area contributed by atoms with Gasteiger partial charge < -0.3 is 19.9 Å². The van der Waals surface area contributed by atoms with Crippen molar-refractivity contribution >= 4 is 29.9 Å². The predicted molar refractivity (Wildman–Crippen MR) is 114 cm³/mol. The summed E-state index contributed by atoms with van der Waals surface area (Å²) in [5, 5.41) is 3.66. The van der Waals surface area contributed by atoms with Gasteiger partial charge in [0, 0.05) is 64.6 Å². The molecule has 0 aromatic rings. The van der Waals surface area contributed by atoms with Gasteiger partial charge in [-0.15, -0.1) is 24.0 Å². The van der Waals surface area contributed by atoms with Gasteiger partial charge in [0.05, 0.1) is 0 Å². The fourth-order valence-electron chi connectivity index (χ4n) is 4.13. The molecule has 3 rings (SSSR count). The number of halogens is 1. The molecule has 0 amide bonds. The number of hydrogen-bond acceptors (Lipinski definition) is 4. The van der Waals surface area contributed by atoms with E-state index in [2.05, 4.69) is 51.3 Å². The maximum atomic E-state index is 5.57. The normalized spacial score (nSPS) is 27.0. The third-order valence-electron chi connectivity index (χ3n) is 5.99. The van der Waals surface area contributed by atoms with Crippen molar-refractivity contribution in [3.63, 3.8) is 0 Å². The molecule has 0 bridgehead atoms. The number of hydrogen-bond donors (Lipinski definition) is 1. The van der Waals surface area contributed by atoms with Gasteiger partial charge in [0.25, 0.3) is 0 Å². The molecule has 0 aromatic carbocycles. The molecule has 0 aromatic heterocycles. The van der Waals surface area contributed by atoms with Crippen molar-refractivity contribution in [1.29, 1.82) is 0 Å². The van der Waals surface area contributed by atoms with Crippen LogP contribution in [-0.2, 0) is 4.74 Å². The van der Waals surface area contributed by atoms with Crippen LogP contribution >= 0.6 is 24.0 Å². The average Bonchev–Trinajstić information content (AvgIpc) is 3.27. The number of ether oxygens (including phenoxy) is 1. The molecule has 3 aliphatic rings. The fourth-order valence-corrected chi connectivity index (χ4v) is 4.13. The Balaban J connectivity index is 0.00000225. The van der Waals surface area contributed by atoms with Crippen molar-refractivity contribution < 1.29 is 4.74 Å². The maximum Gasteiger partial charge on any atom is 0.193 e. The van der Waals surface area contributed by atoms with Gasteiger partial charge in [-0.1, -0.05) is 12.2 Å². The first kappa shape index (κ1) is 20.9. The number of nitrogens with zero attached hydrogens (tertiary/aromatic N) is 4. The Labute approximate surface area is 169 Å². The monoisotopic (exact) mass is 463 g/mol. The number of rotatable bonds is 4. The number of likely N-dealkylation sites (N-methyl/N-ethyl adjacent to an activating group) is 1. The summed E-state index contributed by atoms with van der Waals surface area (Å²) >= 11 is 0. The highest BCUT2D eigenvalue weighted by atomic mass is 127. The van der Waals surface area contributed by atoms with E-state index in [1.807, 2.05) is 7.05 Å². The SMILES string of the molecule is CN=C(NCC1(N(C)C)CCOCC1)N1CCC(N2CC=CC2)C1.I. The van der Waals surface area contributed by atoms with Crippen LogP contribution in [0, 0.1) is 0 Å². The number of guanidine groups is 1. The Bertz CT molecular complexity index is 468. The van der Waals surface area contributed by atoms with Crippen molar-refractivity contribution in [3.05, 3.63) is 12.2 Å². The molecule has 6 nitrogen and oxygen atoms in total. The first-order chi connectivity index (χ1) is 11.6. The number of likely N-dealkylation sites (tertiary alicyclic amines) is 1. The first-order valence-corrected chi connectivity index (χ1v) is 9.24. The lowest BCUT2D eigenvalue weighted by Crippen LogP contribution is -2.57. The highest BCUT2D eigenvalue weighted by Crippen LogP contribution is 2.25. The molecule has 7 heteroatoms. The van der Waals surface area contributed by atoms with Crippen LogP contribution in [0.15, 0.2) is 17.1 Å². The molecule has 1 N–H and O–H groups in total. The number of nitrogens with one attached hydrogen (secondary N) is 1. The summed E-state index contributed by atoms with van der Waals surface area (Å²) in [6, 6.07) is 0.657. The van der Waals surface area contributed by atoms with E-state index in [1.54, 1.807) is 0 Å². The zero-order valence-electron chi connectivity index (χ0n) is 15.9. The van der Waals surface area contributed by atoms with Crippen molar-refractivity contribution in [2.75, 3.05) is 67.1 Å². The summed E-state index contributed by atoms with van der Waals surface area (Å²) in [6.45, 7) is 7.03. The summed E-state index contributed by atoms with van der Waals surface area (Å²) in [7, 11) is 6.27. The van der Waals surface area contributed by atoms with Crippen LogP contribution in [0.5, 0.6) is 0 Å². The molecule has 3 heterocycles. The lowest BCUT2D eigenvalue weighted by molar-refractivity contribution is -0.00522. The molecule has 0 radical (unpaired) electrons. The van der Waals surface area contributed by atoms with E-state index in [0.717, 1.165) is 64.7 Å². The zero-order chi connectivity index (χ0) is 17.0. The van der Waals surface area contributed by atoms with Gasteiger partial charge in [-0.05, 0) is 33.4 Å². The molecule has 144 valence electrons. The Hall–Kier alpha value is -0.380. The van der Waals surface area contributed by atoms with Crippen LogP contribution < -0.4 is 5.32 Å². The van der Waals surface area contributed by atoms with Crippen LogP contribution in [0.4, 0.5) is 0 Å². The van der Waals surface area contributed by atoms with Crippen LogP contribution in [-0.4, -0.2) is 99.3 Å². The Morgan fingerprint density at radius 2 is 1.96 bits per heavy atom. The smallest absolute Gasteiger partial charge is 0.193 e. The average molecular weight is 463 g/mol. The van der Waals surface area contributed by atoms with Crippen molar-refractivity contribution in [3.8, 4) is 0 Å². The molecule has 2 saturated heterocycles. The van der Waals surface area contributed by atoms with Gasteiger partial charge in [0.15, 0.2) is 5.96 Å². The largest absolute Gasteiger partial charge is 0.381 e. The second kappa shape index (κ2) is 9.53. The summed E-state index contributed by atoms with van der Waals surface area (Å²) in [5.74, 6) is 1.05. The standard InChI is InChI=1S/C18H33N5O.HI/c1-19-17(20-15-18(21(2)3)7-12-24-13-8-18)23-11-6-16(14-23)22-9-4-5-10-22;/h4-5,16H,6-15H2,1-3H3,(H,19,20);1H. The summed E-state index contributed by atoms with van der Waals surface area (Å²) < 4.78 is 5.57. The maximum absolute atomic E-state index is 5.57. The lowest BCUT2D eigenvalue weighted by atomic mass is 9.88. The molecule has 2 fully saturated rings. The van der Waals surface area contributed by atoms with E-state index < -0.39 is 0 Å². The summed E-state index contributed by atoms with van der Waals surface area (Å²) in [6.07, 6.45) is 7.94. The highest BCUT2D eigenvalue weighted by molar-refractivity contribution is 14.0. The molecule has 1 atom stereocenters. The van der Waals surface area contributed by atoms with Crippen LogP contribution in [0.3, 0.4) is 0 Å². The van der Waals surface area contributed by atoms with Gasteiger partial charge in [0.1, 0.15) is 0 Å². The third kappa shape index (κ3) is 4.87. The Morgan fingerprint density at radius 1 is 1.28 bits per heavy atom. The molecule has 0 aliphatic carbocycles. The minimum atomic E-state index is 0. The van der Waals surface area contributed by atoms with E-state index >= 15 is 0 Å². The van der Waals surface area contributed by atoms with Crippen molar-refractivity contribution in [1.82, 2.24) is 20.0 Å². The van der Waals surface area contributed by atoms with Crippen molar-refractivity contribution in [2.45, 2.75) is 30.8 Å². The zero-order valence-corrected chi connectivity index (χ0v) is 18.2. The molecule has 0 spiro atoms. The minimum absolute atomic E-state index is 0. The molecule has 0 saturated carbocycles. The van der Waals surface area contributed by atoms with Crippen LogP contribution in [0.25, 0.3) is 0 Å². The first-order valence-electron chi connectivity index (χ1n) is 9.24. The lowest BCUT2D eigenvalue weighted by Gasteiger charge is -2.43. The Kier molecular flexibility index (Phi) is 7.97. The highest BCUT2D eigenvalue weighted by Gasteiger charge is 2.36. The fraction of sp³-hybridized carbons (Fsp3) is 0.833. The van der Waals surface area contributed by atoms with E-state index in [-0.39, 0.29) is 29.5 Å². The number of aliphatic imine (C=N–C) groups is 1. The van der Waals surface area contributed by atoms with Gasteiger partial charge in [-0.2, -0.15) is 0 Å². The minimum Gasteiger partial charge on any atom is -0.381 e. The van der Waals surface area contributed by atoms with Crippen LogP contribution in [0.2, 0.25) is 0 Å². The Morgan fingerprint density at radius 3 is 2.56 bits per heavy atom. The second-order valence-electron chi connectivity index (χ2n) is 7.45. The van der Waals surface area contributed by atoms with E-state index in [4.69, 9.17) is 4.74 Å². The predicted octanol–water partition coefficient (Wildman–Crippen LogP) is 1.24. The van der Waals surface area contributed by atoms with Crippen molar-refractivity contribution in [2.24, 2.45) is 4.99 Å².